The van der Waals surface area contributed by atoms with Crippen LogP contribution in [0, 0.1) is 5.92 Å². The lowest BCUT2D eigenvalue weighted by Crippen LogP contribution is -2.36. The number of nitrogens with one attached hydrogen (secondary N) is 1. The second kappa shape index (κ2) is 7.55. The standard InChI is InChI=1S/C14H22ClN3O2/c1-8(2)11(20-5)7-17-14(19)12-10(15)6-16-13(18-12)9(3)4/h6,8-9,11H,7H2,1-5H3,(H,17,19)/t11-/m1/s1. The monoisotopic (exact) mass is 299 g/mol. The van der Waals surface area contributed by atoms with Gasteiger partial charge in [0.2, 0.25) is 0 Å². The Kier molecular flexibility index (Phi) is 6.36. The van der Waals surface area contributed by atoms with Gasteiger partial charge in [-0.2, -0.15) is 0 Å². The van der Waals surface area contributed by atoms with E-state index in [1.807, 2.05) is 27.7 Å². The molecular formula is C14H22ClN3O2. The van der Waals surface area contributed by atoms with E-state index in [-0.39, 0.29) is 28.6 Å². The quantitative estimate of drug-likeness (QED) is 0.877. The first-order chi connectivity index (χ1) is 9.36. The number of halogens is 1. The molecule has 1 aromatic rings. The van der Waals surface area contributed by atoms with E-state index < -0.39 is 0 Å². The van der Waals surface area contributed by atoms with Crippen molar-refractivity contribution in [2.24, 2.45) is 5.92 Å². The molecule has 1 heterocycles. The van der Waals surface area contributed by atoms with Crippen LogP contribution in [0.15, 0.2) is 6.20 Å². The molecule has 0 aliphatic heterocycles. The van der Waals surface area contributed by atoms with Crippen LogP contribution < -0.4 is 5.32 Å². The van der Waals surface area contributed by atoms with Gasteiger partial charge in [0.25, 0.3) is 5.91 Å². The highest BCUT2D eigenvalue weighted by molar-refractivity contribution is 6.33. The van der Waals surface area contributed by atoms with Crippen LogP contribution in [0.5, 0.6) is 0 Å². The van der Waals surface area contributed by atoms with Crippen molar-refractivity contribution in [3.8, 4) is 0 Å². The first-order valence-electron chi connectivity index (χ1n) is 6.70. The summed E-state index contributed by atoms with van der Waals surface area (Å²) in [6.45, 7) is 8.42. The maximum absolute atomic E-state index is 12.1. The second-order valence-electron chi connectivity index (χ2n) is 5.31. The Balaban J connectivity index is 2.79. The van der Waals surface area contributed by atoms with Crippen LogP contribution >= 0.6 is 11.6 Å². The summed E-state index contributed by atoms with van der Waals surface area (Å²) in [5.41, 5.74) is 0.212. The molecule has 1 amide bonds. The number of hydrogen-bond acceptors (Lipinski definition) is 4. The van der Waals surface area contributed by atoms with E-state index in [1.165, 1.54) is 6.20 Å². The van der Waals surface area contributed by atoms with Gasteiger partial charge in [0, 0.05) is 19.6 Å². The molecule has 0 saturated carbocycles. The van der Waals surface area contributed by atoms with Crippen molar-refractivity contribution in [2.45, 2.75) is 39.7 Å². The summed E-state index contributed by atoms with van der Waals surface area (Å²) in [6, 6.07) is 0. The SMILES string of the molecule is CO[C@H](CNC(=O)c1nc(C(C)C)ncc1Cl)C(C)C. The summed E-state index contributed by atoms with van der Waals surface area (Å²) in [7, 11) is 1.63. The van der Waals surface area contributed by atoms with Crippen molar-refractivity contribution in [3.05, 3.63) is 22.7 Å². The van der Waals surface area contributed by atoms with Gasteiger partial charge in [-0.05, 0) is 5.92 Å². The third-order valence-electron chi connectivity index (χ3n) is 3.00. The largest absolute Gasteiger partial charge is 0.379 e. The smallest absolute Gasteiger partial charge is 0.271 e. The first-order valence-corrected chi connectivity index (χ1v) is 7.08. The lowest BCUT2D eigenvalue weighted by molar-refractivity contribution is 0.0603. The number of ether oxygens (including phenoxy) is 1. The highest BCUT2D eigenvalue weighted by atomic mass is 35.5. The maximum atomic E-state index is 12.1. The van der Waals surface area contributed by atoms with E-state index in [9.17, 15) is 4.79 Å². The highest BCUT2D eigenvalue weighted by Gasteiger charge is 2.18. The molecule has 5 nitrogen and oxygen atoms in total. The number of aromatic nitrogens is 2. The zero-order valence-electron chi connectivity index (χ0n) is 12.6. The fraction of sp³-hybridized carbons (Fsp3) is 0.643. The number of carbonyl (C=O) groups is 1. The zero-order valence-corrected chi connectivity index (χ0v) is 13.4. The summed E-state index contributed by atoms with van der Waals surface area (Å²) < 4.78 is 5.31. The van der Waals surface area contributed by atoms with Gasteiger partial charge in [-0.15, -0.1) is 0 Å². The molecule has 112 valence electrons. The van der Waals surface area contributed by atoms with E-state index in [2.05, 4.69) is 15.3 Å². The molecule has 20 heavy (non-hydrogen) atoms. The zero-order chi connectivity index (χ0) is 15.3. The third-order valence-corrected chi connectivity index (χ3v) is 3.28. The Labute approximate surface area is 125 Å². The van der Waals surface area contributed by atoms with Crippen molar-refractivity contribution in [2.75, 3.05) is 13.7 Å². The molecule has 0 spiro atoms. The molecule has 0 aliphatic carbocycles. The van der Waals surface area contributed by atoms with Gasteiger partial charge < -0.3 is 10.1 Å². The summed E-state index contributed by atoms with van der Waals surface area (Å²) in [6.07, 6.45) is 1.43. The number of amides is 1. The van der Waals surface area contributed by atoms with Crippen LogP contribution in [-0.2, 0) is 4.74 Å². The van der Waals surface area contributed by atoms with E-state index in [4.69, 9.17) is 16.3 Å². The van der Waals surface area contributed by atoms with E-state index >= 15 is 0 Å². The third kappa shape index (κ3) is 4.42. The van der Waals surface area contributed by atoms with Gasteiger partial charge in [-0.1, -0.05) is 39.3 Å². The van der Waals surface area contributed by atoms with Crippen molar-refractivity contribution in [3.63, 3.8) is 0 Å². The normalized spacial score (nSPS) is 12.8. The average Bonchev–Trinajstić information content (AvgIpc) is 2.38. The number of methoxy groups -OCH3 is 1. The van der Waals surface area contributed by atoms with Crippen LogP contribution in [0.25, 0.3) is 0 Å². The minimum atomic E-state index is -0.304. The van der Waals surface area contributed by atoms with Crippen molar-refractivity contribution < 1.29 is 9.53 Å². The Morgan fingerprint density at radius 3 is 2.55 bits per heavy atom. The van der Waals surface area contributed by atoms with Gasteiger partial charge in [0.15, 0.2) is 0 Å². The summed E-state index contributed by atoms with van der Waals surface area (Å²) in [5, 5.41) is 3.05. The first kappa shape index (κ1) is 16.9. The molecule has 0 unspecified atom stereocenters. The molecule has 1 aromatic heterocycles. The highest BCUT2D eigenvalue weighted by Crippen LogP contribution is 2.16. The molecule has 6 heteroatoms. The molecule has 0 aliphatic rings. The number of nitrogens with zero attached hydrogens (tertiary/aromatic N) is 2. The Morgan fingerprint density at radius 2 is 2.05 bits per heavy atom. The van der Waals surface area contributed by atoms with E-state index in [1.54, 1.807) is 7.11 Å². The van der Waals surface area contributed by atoms with Crippen LogP contribution in [-0.4, -0.2) is 35.6 Å². The topological polar surface area (TPSA) is 64.1 Å². The van der Waals surface area contributed by atoms with Gasteiger partial charge in [0.1, 0.15) is 11.5 Å². The van der Waals surface area contributed by atoms with Crippen LogP contribution in [0.1, 0.15) is 49.9 Å². The predicted molar refractivity (Wildman–Crippen MR) is 79.1 cm³/mol. The Morgan fingerprint density at radius 1 is 1.40 bits per heavy atom. The predicted octanol–water partition coefficient (Wildman–Crippen LogP) is 2.65. The van der Waals surface area contributed by atoms with Crippen molar-refractivity contribution in [1.82, 2.24) is 15.3 Å². The molecule has 1 rings (SSSR count). The number of rotatable bonds is 6. The molecule has 0 fully saturated rings. The molecule has 1 atom stereocenters. The molecular weight excluding hydrogens is 278 g/mol. The van der Waals surface area contributed by atoms with Crippen LogP contribution in [0.3, 0.4) is 0 Å². The maximum Gasteiger partial charge on any atom is 0.271 e. The van der Waals surface area contributed by atoms with Crippen molar-refractivity contribution >= 4 is 17.5 Å². The summed E-state index contributed by atoms with van der Waals surface area (Å²) in [5.74, 6) is 0.752. The molecule has 0 aromatic carbocycles. The number of hydrogen-bond donors (Lipinski definition) is 1. The van der Waals surface area contributed by atoms with Gasteiger partial charge in [0.05, 0.1) is 17.3 Å². The van der Waals surface area contributed by atoms with Crippen molar-refractivity contribution in [1.29, 1.82) is 0 Å². The van der Waals surface area contributed by atoms with Gasteiger partial charge in [-0.25, -0.2) is 9.97 Å². The summed E-state index contributed by atoms with van der Waals surface area (Å²) >= 11 is 5.99. The lowest BCUT2D eigenvalue weighted by Gasteiger charge is -2.19. The second-order valence-corrected chi connectivity index (χ2v) is 5.71. The van der Waals surface area contributed by atoms with Gasteiger partial charge >= 0.3 is 0 Å². The van der Waals surface area contributed by atoms with Gasteiger partial charge in [-0.3, -0.25) is 4.79 Å². The number of carbonyl (C=O) groups excluding carboxylic acids is 1. The fourth-order valence-corrected chi connectivity index (χ4v) is 1.86. The Bertz CT molecular complexity index is 464. The molecule has 0 saturated heterocycles. The van der Waals surface area contributed by atoms with Crippen LogP contribution in [0.4, 0.5) is 0 Å². The minimum absolute atomic E-state index is 0.0378. The van der Waals surface area contributed by atoms with E-state index in [0.29, 0.717) is 18.3 Å². The molecule has 0 radical (unpaired) electrons. The van der Waals surface area contributed by atoms with E-state index in [0.717, 1.165) is 0 Å². The summed E-state index contributed by atoms with van der Waals surface area (Å²) in [4.78, 5) is 20.5. The fourth-order valence-electron chi connectivity index (χ4n) is 1.69. The Hall–Kier alpha value is -1.20. The average molecular weight is 300 g/mol. The molecule has 1 N–H and O–H groups in total. The molecule has 0 bridgehead atoms. The minimum Gasteiger partial charge on any atom is -0.379 e. The lowest BCUT2D eigenvalue weighted by atomic mass is 10.1. The van der Waals surface area contributed by atoms with Crippen LogP contribution in [0.2, 0.25) is 5.02 Å².